The van der Waals surface area contributed by atoms with Crippen molar-refractivity contribution >= 4 is 0 Å². The molecule has 2 unspecified atom stereocenters. The molecular weight excluding hydrogens is 358 g/mol. The molecule has 0 aliphatic carbocycles. The highest BCUT2D eigenvalue weighted by molar-refractivity contribution is 4.59. The zero-order valence-corrected chi connectivity index (χ0v) is 20.6. The fourth-order valence-electron chi connectivity index (χ4n) is 3.70. The Morgan fingerprint density at radius 1 is 0.448 bits per heavy atom. The van der Waals surface area contributed by atoms with Crippen molar-refractivity contribution in [3.63, 3.8) is 0 Å². The molecular formula is C26H55NO2. The van der Waals surface area contributed by atoms with Crippen molar-refractivity contribution in [2.45, 2.75) is 156 Å². The molecule has 0 saturated heterocycles. The SMILES string of the molecule is CCCCCCCCCCOC(CC)NC(CC)OCCCCCCCCCC. The standard InChI is InChI=1S/C26H55NO2/c1-5-9-11-13-15-17-19-21-23-28-25(7-3)27-26(8-4)29-24-22-20-18-16-14-12-10-6-2/h25-27H,5-24H2,1-4H3. The van der Waals surface area contributed by atoms with Crippen molar-refractivity contribution in [2.75, 3.05) is 13.2 Å². The van der Waals surface area contributed by atoms with Gasteiger partial charge in [-0.05, 0) is 25.7 Å². The molecule has 0 aliphatic rings. The zero-order valence-electron chi connectivity index (χ0n) is 20.6. The van der Waals surface area contributed by atoms with Gasteiger partial charge in [-0.1, -0.05) is 118 Å². The molecule has 0 rings (SSSR count). The van der Waals surface area contributed by atoms with Gasteiger partial charge in [-0.15, -0.1) is 0 Å². The van der Waals surface area contributed by atoms with Gasteiger partial charge in [0.25, 0.3) is 0 Å². The van der Waals surface area contributed by atoms with E-state index in [-0.39, 0.29) is 12.5 Å². The van der Waals surface area contributed by atoms with E-state index in [0.717, 1.165) is 26.1 Å². The van der Waals surface area contributed by atoms with E-state index in [0.29, 0.717) is 0 Å². The summed E-state index contributed by atoms with van der Waals surface area (Å²) in [5, 5.41) is 3.56. The van der Waals surface area contributed by atoms with Crippen molar-refractivity contribution in [3.05, 3.63) is 0 Å². The highest BCUT2D eigenvalue weighted by atomic mass is 16.5. The predicted molar refractivity (Wildman–Crippen MR) is 128 cm³/mol. The third-order valence-electron chi connectivity index (χ3n) is 5.75. The first-order valence-electron chi connectivity index (χ1n) is 13.3. The van der Waals surface area contributed by atoms with Crippen LogP contribution in [0.2, 0.25) is 0 Å². The summed E-state index contributed by atoms with van der Waals surface area (Å²) in [6, 6.07) is 0. The van der Waals surface area contributed by atoms with Gasteiger partial charge < -0.3 is 9.47 Å². The second-order valence-electron chi connectivity index (χ2n) is 8.65. The van der Waals surface area contributed by atoms with Gasteiger partial charge in [0.05, 0.1) is 0 Å². The van der Waals surface area contributed by atoms with Gasteiger partial charge in [-0.3, -0.25) is 5.32 Å². The molecule has 0 aromatic rings. The van der Waals surface area contributed by atoms with E-state index in [1.807, 2.05) is 0 Å². The first kappa shape index (κ1) is 28.9. The van der Waals surface area contributed by atoms with Gasteiger partial charge in [-0.25, -0.2) is 0 Å². The maximum Gasteiger partial charge on any atom is 0.109 e. The van der Waals surface area contributed by atoms with Gasteiger partial charge >= 0.3 is 0 Å². The maximum absolute atomic E-state index is 6.07. The normalized spacial score (nSPS) is 13.7. The third-order valence-corrected chi connectivity index (χ3v) is 5.75. The molecule has 0 saturated carbocycles. The highest BCUT2D eigenvalue weighted by Gasteiger charge is 2.13. The number of unbranched alkanes of at least 4 members (excludes halogenated alkanes) is 14. The summed E-state index contributed by atoms with van der Waals surface area (Å²) in [4.78, 5) is 0. The lowest BCUT2D eigenvalue weighted by atomic mass is 10.1. The molecule has 2 atom stereocenters. The minimum absolute atomic E-state index is 0.128. The Kier molecular flexibility index (Phi) is 24.1. The molecule has 0 aromatic heterocycles. The summed E-state index contributed by atoms with van der Waals surface area (Å²) in [5.74, 6) is 0. The lowest BCUT2D eigenvalue weighted by molar-refractivity contribution is -0.0493. The van der Waals surface area contributed by atoms with E-state index in [1.54, 1.807) is 0 Å². The first-order valence-corrected chi connectivity index (χ1v) is 13.3. The molecule has 0 spiro atoms. The van der Waals surface area contributed by atoms with Gasteiger partial charge in [0, 0.05) is 13.2 Å². The second kappa shape index (κ2) is 24.2. The number of rotatable bonds is 24. The van der Waals surface area contributed by atoms with Crippen molar-refractivity contribution in [2.24, 2.45) is 0 Å². The van der Waals surface area contributed by atoms with E-state index in [4.69, 9.17) is 9.47 Å². The molecule has 0 amide bonds. The predicted octanol–water partition coefficient (Wildman–Crippen LogP) is 8.36. The molecule has 1 N–H and O–H groups in total. The summed E-state index contributed by atoms with van der Waals surface area (Å²) < 4.78 is 12.1. The number of ether oxygens (including phenoxy) is 2. The Bertz CT molecular complexity index is 270. The minimum atomic E-state index is 0.128. The summed E-state index contributed by atoms with van der Waals surface area (Å²) in [7, 11) is 0. The van der Waals surface area contributed by atoms with Crippen LogP contribution in [0.3, 0.4) is 0 Å². The molecule has 3 nitrogen and oxygen atoms in total. The third kappa shape index (κ3) is 20.9. The lowest BCUT2D eigenvalue weighted by Gasteiger charge is -2.25. The molecule has 176 valence electrons. The van der Waals surface area contributed by atoms with Crippen LogP contribution in [-0.2, 0) is 9.47 Å². The molecule has 0 aromatic carbocycles. The van der Waals surface area contributed by atoms with Crippen LogP contribution in [-0.4, -0.2) is 25.7 Å². The molecule has 0 radical (unpaired) electrons. The molecule has 29 heavy (non-hydrogen) atoms. The van der Waals surface area contributed by atoms with Crippen LogP contribution in [0.25, 0.3) is 0 Å². The van der Waals surface area contributed by atoms with Crippen LogP contribution in [0.1, 0.15) is 143 Å². The minimum Gasteiger partial charge on any atom is -0.363 e. The van der Waals surface area contributed by atoms with Crippen LogP contribution in [0.4, 0.5) is 0 Å². The van der Waals surface area contributed by atoms with Crippen LogP contribution in [0.5, 0.6) is 0 Å². The Balaban J connectivity index is 3.62. The van der Waals surface area contributed by atoms with Crippen molar-refractivity contribution in [1.29, 1.82) is 0 Å². The Morgan fingerprint density at radius 3 is 1.07 bits per heavy atom. The van der Waals surface area contributed by atoms with Gasteiger partial charge in [0.1, 0.15) is 12.5 Å². The maximum atomic E-state index is 6.07. The fraction of sp³-hybridized carbons (Fsp3) is 1.00. The lowest BCUT2D eigenvalue weighted by Crippen LogP contribution is -2.41. The number of nitrogens with one attached hydrogen (secondary N) is 1. The average Bonchev–Trinajstić information content (AvgIpc) is 2.74. The summed E-state index contributed by atoms with van der Waals surface area (Å²) in [6.07, 6.45) is 23.8. The topological polar surface area (TPSA) is 30.5 Å². The molecule has 3 heteroatoms. The monoisotopic (exact) mass is 413 g/mol. The second-order valence-corrected chi connectivity index (χ2v) is 8.65. The number of hydrogen-bond acceptors (Lipinski definition) is 3. The summed E-state index contributed by atoms with van der Waals surface area (Å²) >= 11 is 0. The van der Waals surface area contributed by atoms with Crippen molar-refractivity contribution in [3.8, 4) is 0 Å². The first-order chi connectivity index (χ1) is 14.3. The van der Waals surface area contributed by atoms with E-state index < -0.39 is 0 Å². The van der Waals surface area contributed by atoms with Crippen molar-refractivity contribution in [1.82, 2.24) is 5.32 Å². The highest BCUT2D eigenvalue weighted by Crippen LogP contribution is 2.11. The van der Waals surface area contributed by atoms with Crippen LogP contribution >= 0.6 is 0 Å². The van der Waals surface area contributed by atoms with E-state index in [1.165, 1.54) is 103 Å². The van der Waals surface area contributed by atoms with Crippen LogP contribution in [0, 0.1) is 0 Å². The van der Waals surface area contributed by atoms with E-state index in [9.17, 15) is 0 Å². The zero-order chi connectivity index (χ0) is 21.4. The quantitative estimate of drug-likeness (QED) is 0.127. The van der Waals surface area contributed by atoms with Gasteiger partial charge in [0.2, 0.25) is 0 Å². The fourth-order valence-corrected chi connectivity index (χ4v) is 3.70. The largest absolute Gasteiger partial charge is 0.363 e. The molecule has 0 fully saturated rings. The Morgan fingerprint density at radius 2 is 0.759 bits per heavy atom. The molecule has 0 bridgehead atoms. The number of hydrogen-bond donors (Lipinski definition) is 1. The Hall–Kier alpha value is -0.120. The smallest absolute Gasteiger partial charge is 0.109 e. The molecule has 0 heterocycles. The van der Waals surface area contributed by atoms with E-state index >= 15 is 0 Å². The van der Waals surface area contributed by atoms with Gasteiger partial charge in [-0.2, -0.15) is 0 Å². The Labute approximate surface area is 184 Å². The summed E-state index contributed by atoms with van der Waals surface area (Å²) in [6.45, 7) is 10.7. The van der Waals surface area contributed by atoms with Crippen LogP contribution in [0.15, 0.2) is 0 Å². The summed E-state index contributed by atoms with van der Waals surface area (Å²) in [5.41, 5.74) is 0. The molecule has 0 aliphatic heterocycles. The van der Waals surface area contributed by atoms with Gasteiger partial charge in [0.15, 0.2) is 0 Å². The van der Waals surface area contributed by atoms with Crippen LogP contribution < -0.4 is 5.32 Å². The average molecular weight is 414 g/mol. The van der Waals surface area contributed by atoms with Crippen molar-refractivity contribution < 1.29 is 9.47 Å². The van der Waals surface area contributed by atoms with E-state index in [2.05, 4.69) is 33.0 Å².